The Kier molecular flexibility index (Phi) is 3.58. The third kappa shape index (κ3) is 2.74. The van der Waals surface area contributed by atoms with Gasteiger partial charge in [-0.1, -0.05) is 6.07 Å². The second kappa shape index (κ2) is 5.14. The van der Waals surface area contributed by atoms with Crippen LogP contribution in [0.15, 0.2) is 18.2 Å². The Balaban J connectivity index is 2.26. The van der Waals surface area contributed by atoms with Gasteiger partial charge in [0, 0.05) is 11.6 Å². The highest BCUT2D eigenvalue weighted by atomic mass is 19.1. The number of nitrogens with one attached hydrogen (secondary N) is 1. The molecular formula is C12H14FNO3. The highest BCUT2D eigenvalue weighted by Gasteiger charge is 2.21. The SMILES string of the molecule is O=C(CO)NC1CCCOc2cc(F)ccc21. The number of aliphatic hydroxyl groups is 1. The van der Waals surface area contributed by atoms with Gasteiger partial charge in [0.1, 0.15) is 18.2 Å². The summed E-state index contributed by atoms with van der Waals surface area (Å²) in [5, 5.41) is 11.4. The van der Waals surface area contributed by atoms with Crippen LogP contribution >= 0.6 is 0 Å². The average Bonchev–Trinajstić information content (AvgIpc) is 2.51. The summed E-state index contributed by atoms with van der Waals surface area (Å²) in [7, 11) is 0. The summed E-state index contributed by atoms with van der Waals surface area (Å²) in [6.07, 6.45) is 1.48. The van der Waals surface area contributed by atoms with Crippen LogP contribution in [0, 0.1) is 5.82 Å². The minimum absolute atomic E-state index is 0.229. The molecule has 1 aromatic rings. The Hall–Kier alpha value is -1.62. The Morgan fingerprint density at radius 1 is 1.59 bits per heavy atom. The third-order valence-electron chi connectivity index (χ3n) is 2.72. The molecule has 0 aromatic heterocycles. The first-order valence-corrected chi connectivity index (χ1v) is 5.53. The van der Waals surface area contributed by atoms with Crippen LogP contribution in [0.4, 0.5) is 4.39 Å². The van der Waals surface area contributed by atoms with E-state index >= 15 is 0 Å². The van der Waals surface area contributed by atoms with Crippen molar-refractivity contribution in [3.63, 3.8) is 0 Å². The van der Waals surface area contributed by atoms with Gasteiger partial charge >= 0.3 is 0 Å². The van der Waals surface area contributed by atoms with Crippen LogP contribution in [0.25, 0.3) is 0 Å². The number of aliphatic hydroxyl groups excluding tert-OH is 1. The normalized spacial score (nSPS) is 18.8. The molecule has 0 fully saturated rings. The van der Waals surface area contributed by atoms with Gasteiger partial charge in [0.05, 0.1) is 12.6 Å². The van der Waals surface area contributed by atoms with Gasteiger partial charge in [0.25, 0.3) is 0 Å². The van der Waals surface area contributed by atoms with Crippen LogP contribution in [0.3, 0.4) is 0 Å². The summed E-state index contributed by atoms with van der Waals surface area (Å²) in [4.78, 5) is 11.2. The van der Waals surface area contributed by atoms with Gasteiger partial charge in [-0.15, -0.1) is 0 Å². The number of carbonyl (C=O) groups is 1. The summed E-state index contributed by atoms with van der Waals surface area (Å²) >= 11 is 0. The molecule has 4 nitrogen and oxygen atoms in total. The third-order valence-corrected chi connectivity index (χ3v) is 2.72. The number of ether oxygens (including phenoxy) is 1. The quantitative estimate of drug-likeness (QED) is 0.813. The van der Waals surface area contributed by atoms with Crippen molar-refractivity contribution in [3.05, 3.63) is 29.6 Å². The Morgan fingerprint density at radius 2 is 2.41 bits per heavy atom. The predicted molar refractivity (Wildman–Crippen MR) is 59.1 cm³/mol. The molecule has 2 N–H and O–H groups in total. The molecule has 1 aliphatic heterocycles. The number of fused-ring (bicyclic) bond motifs is 1. The number of rotatable bonds is 2. The number of hydrogen-bond acceptors (Lipinski definition) is 3. The molecule has 5 heteroatoms. The van der Waals surface area contributed by atoms with E-state index < -0.39 is 12.5 Å². The lowest BCUT2D eigenvalue weighted by atomic mass is 10.0. The highest BCUT2D eigenvalue weighted by Crippen LogP contribution is 2.31. The lowest BCUT2D eigenvalue weighted by Crippen LogP contribution is -2.30. The summed E-state index contributed by atoms with van der Waals surface area (Å²) in [6.45, 7) is -0.0458. The molecule has 1 aliphatic rings. The minimum Gasteiger partial charge on any atom is -0.493 e. The van der Waals surface area contributed by atoms with Gasteiger partial charge in [-0.2, -0.15) is 0 Å². The molecule has 17 heavy (non-hydrogen) atoms. The van der Waals surface area contributed by atoms with Gasteiger partial charge in [0.15, 0.2) is 0 Å². The maximum Gasteiger partial charge on any atom is 0.246 e. The van der Waals surface area contributed by atoms with Crippen molar-refractivity contribution in [1.29, 1.82) is 0 Å². The van der Waals surface area contributed by atoms with E-state index in [-0.39, 0.29) is 11.9 Å². The van der Waals surface area contributed by atoms with E-state index in [9.17, 15) is 9.18 Å². The van der Waals surface area contributed by atoms with Crippen molar-refractivity contribution in [2.75, 3.05) is 13.2 Å². The molecule has 1 aromatic carbocycles. The van der Waals surface area contributed by atoms with E-state index in [1.807, 2.05) is 0 Å². The molecule has 1 heterocycles. The monoisotopic (exact) mass is 239 g/mol. The summed E-state index contributed by atoms with van der Waals surface area (Å²) in [5.74, 6) is -0.337. The summed E-state index contributed by atoms with van der Waals surface area (Å²) < 4.78 is 18.5. The fourth-order valence-corrected chi connectivity index (χ4v) is 1.94. The van der Waals surface area contributed by atoms with Crippen molar-refractivity contribution in [2.24, 2.45) is 0 Å². The molecule has 2 rings (SSSR count). The number of hydrogen-bond donors (Lipinski definition) is 2. The fourth-order valence-electron chi connectivity index (χ4n) is 1.94. The summed E-state index contributed by atoms with van der Waals surface area (Å²) in [6, 6.07) is 4.04. The molecule has 0 aliphatic carbocycles. The van der Waals surface area contributed by atoms with Gasteiger partial charge in [-0.3, -0.25) is 4.79 Å². The molecule has 0 saturated heterocycles. The Bertz CT molecular complexity index is 422. The van der Waals surface area contributed by atoms with Crippen molar-refractivity contribution < 1.29 is 19.0 Å². The predicted octanol–water partition coefficient (Wildman–Crippen LogP) is 1.15. The van der Waals surface area contributed by atoms with Crippen molar-refractivity contribution in [1.82, 2.24) is 5.32 Å². The number of halogens is 1. The van der Waals surface area contributed by atoms with Gasteiger partial charge < -0.3 is 15.2 Å². The van der Waals surface area contributed by atoms with Crippen molar-refractivity contribution in [3.8, 4) is 5.75 Å². The van der Waals surface area contributed by atoms with E-state index in [2.05, 4.69) is 5.32 Å². The largest absolute Gasteiger partial charge is 0.493 e. The zero-order valence-corrected chi connectivity index (χ0v) is 9.28. The second-order valence-corrected chi connectivity index (χ2v) is 3.95. The molecule has 1 atom stereocenters. The Morgan fingerprint density at radius 3 is 3.18 bits per heavy atom. The second-order valence-electron chi connectivity index (χ2n) is 3.95. The van der Waals surface area contributed by atoms with Crippen LogP contribution in [-0.4, -0.2) is 24.2 Å². The van der Waals surface area contributed by atoms with E-state index in [1.165, 1.54) is 12.1 Å². The molecule has 1 unspecified atom stereocenters. The van der Waals surface area contributed by atoms with Crippen molar-refractivity contribution in [2.45, 2.75) is 18.9 Å². The van der Waals surface area contributed by atoms with Crippen molar-refractivity contribution >= 4 is 5.91 Å². The van der Waals surface area contributed by atoms with E-state index in [0.29, 0.717) is 18.8 Å². The molecule has 0 radical (unpaired) electrons. The van der Waals surface area contributed by atoms with Gasteiger partial charge in [-0.05, 0) is 18.9 Å². The molecule has 0 bridgehead atoms. The average molecular weight is 239 g/mol. The van der Waals surface area contributed by atoms with Gasteiger partial charge in [0.2, 0.25) is 5.91 Å². The fraction of sp³-hybridized carbons (Fsp3) is 0.417. The van der Waals surface area contributed by atoms with E-state index in [1.54, 1.807) is 6.07 Å². The highest BCUT2D eigenvalue weighted by molar-refractivity contribution is 5.77. The topological polar surface area (TPSA) is 58.6 Å². The van der Waals surface area contributed by atoms with Crippen LogP contribution in [0.1, 0.15) is 24.4 Å². The van der Waals surface area contributed by atoms with E-state index in [4.69, 9.17) is 9.84 Å². The lowest BCUT2D eigenvalue weighted by molar-refractivity contribution is -0.124. The summed E-state index contributed by atoms with van der Waals surface area (Å²) in [5.41, 5.74) is 0.755. The minimum atomic E-state index is -0.548. The first-order valence-electron chi connectivity index (χ1n) is 5.53. The molecule has 92 valence electrons. The standard InChI is InChI=1S/C12H14FNO3/c13-8-3-4-9-10(14-12(16)7-15)2-1-5-17-11(9)6-8/h3-4,6,10,15H,1-2,5,7H2,(H,14,16). The first-order chi connectivity index (χ1) is 8.20. The number of carbonyl (C=O) groups excluding carboxylic acids is 1. The van der Waals surface area contributed by atoms with Crippen LogP contribution < -0.4 is 10.1 Å². The molecule has 1 amide bonds. The zero-order valence-electron chi connectivity index (χ0n) is 9.28. The number of benzene rings is 1. The maximum atomic E-state index is 13.1. The van der Waals surface area contributed by atoms with Crippen LogP contribution in [0.2, 0.25) is 0 Å². The lowest BCUT2D eigenvalue weighted by Gasteiger charge is -2.17. The van der Waals surface area contributed by atoms with E-state index in [0.717, 1.165) is 12.0 Å². The Labute approximate surface area is 98.4 Å². The van der Waals surface area contributed by atoms with Crippen LogP contribution in [-0.2, 0) is 4.79 Å². The van der Waals surface area contributed by atoms with Gasteiger partial charge in [-0.25, -0.2) is 4.39 Å². The maximum absolute atomic E-state index is 13.1. The number of amides is 1. The molecular weight excluding hydrogens is 225 g/mol. The zero-order chi connectivity index (χ0) is 12.3. The molecule has 0 spiro atoms. The smallest absolute Gasteiger partial charge is 0.246 e. The van der Waals surface area contributed by atoms with Crippen LogP contribution in [0.5, 0.6) is 5.75 Å². The first kappa shape index (κ1) is 11.9. The molecule has 0 saturated carbocycles.